The molecule has 0 saturated heterocycles. The second kappa shape index (κ2) is 5.21. The van der Waals surface area contributed by atoms with Gasteiger partial charge in [0.1, 0.15) is 11.5 Å². The Kier molecular flexibility index (Phi) is 3.44. The summed E-state index contributed by atoms with van der Waals surface area (Å²) in [6, 6.07) is 19.1. The van der Waals surface area contributed by atoms with E-state index in [0.717, 1.165) is 11.5 Å². The molecule has 0 aliphatic rings. The highest BCUT2D eigenvalue weighted by Gasteiger charge is 2.07. The lowest BCUT2D eigenvalue weighted by Crippen LogP contribution is -2.09. The highest BCUT2D eigenvalue weighted by molar-refractivity contribution is 5.24. The Balaban J connectivity index is 1.92. The van der Waals surface area contributed by atoms with Crippen LogP contribution in [0.4, 0.5) is 0 Å². The SMILES string of the molecule is C[C](Oc1ccccc1)Oc1ccccc1. The Morgan fingerprint density at radius 3 is 1.44 bits per heavy atom. The largest absolute Gasteiger partial charge is 0.446 e. The normalized spacial score (nSPS) is 10.1. The van der Waals surface area contributed by atoms with Gasteiger partial charge in [-0.25, -0.2) is 0 Å². The van der Waals surface area contributed by atoms with E-state index in [1.54, 1.807) is 6.92 Å². The van der Waals surface area contributed by atoms with Crippen molar-refractivity contribution in [1.82, 2.24) is 0 Å². The predicted octanol–water partition coefficient (Wildman–Crippen LogP) is 3.65. The average molecular weight is 213 g/mol. The van der Waals surface area contributed by atoms with Crippen molar-refractivity contribution in [3.05, 3.63) is 67.0 Å². The molecule has 0 atom stereocenters. The van der Waals surface area contributed by atoms with Crippen molar-refractivity contribution in [2.24, 2.45) is 0 Å². The van der Waals surface area contributed by atoms with Crippen LogP contribution in [0.2, 0.25) is 0 Å². The van der Waals surface area contributed by atoms with Gasteiger partial charge in [-0.15, -0.1) is 0 Å². The van der Waals surface area contributed by atoms with Crippen molar-refractivity contribution < 1.29 is 9.47 Å². The monoisotopic (exact) mass is 213 g/mol. The van der Waals surface area contributed by atoms with E-state index in [1.807, 2.05) is 60.7 Å². The Morgan fingerprint density at radius 2 is 1.06 bits per heavy atom. The van der Waals surface area contributed by atoms with Gasteiger partial charge in [0.05, 0.1) is 0 Å². The quantitative estimate of drug-likeness (QED) is 0.771. The molecule has 2 aromatic carbocycles. The molecule has 0 unspecified atom stereocenters. The van der Waals surface area contributed by atoms with Gasteiger partial charge in [0.2, 0.25) is 0 Å². The first-order valence-corrected chi connectivity index (χ1v) is 5.14. The fraction of sp³-hybridized carbons (Fsp3) is 0.0714. The highest BCUT2D eigenvalue weighted by Crippen LogP contribution is 2.18. The van der Waals surface area contributed by atoms with Crippen molar-refractivity contribution in [3.8, 4) is 11.5 Å². The van der Waals surface area contributed by atoms with E-state index in [1.165, 1.54) is 0 Å². The molecule has 0 amide bonds. The van der Waals surface area contributed by atoms with E-state index in [2.05, 4.69) is 0 Å². The first-order valence-electron chi connectivity index (χ1n) is 5.14. The fourth-order valence-electron chi connectivity index (χ4n) is 1.33. The van der Waals surface area contributed by atoms with Crippen molar-refractivity contribution >= 4 is 0 Å². The van der Waals surface area contributed by atoms with Gasteiger partial charge in [-0.1, -0.05) is 36.4 Å². The van der Waals surface area contributed by atoms with Crippen LogP contribution in [-0.4, -0.2) is 0 Å². The van der Waals surface area contributed by atoms with Gasteiger partial charge >= 0.3 is 6.29 Å². The molecule has 1 radical (unpaired) electrons. The van der Waals surface area contributed by atoms with Gasteiger partial charge in [0.15, 0.2) is 0 Å². The Labute approximate surface area is 95.4 Å². The molecule has 0 fully saturated rings. The summed E-state index contributed by atoms with van der Waals surface area (Å²) in [7, 11) is 0. The summed E-state index contributed by atoms with van der Waals surface area (Å²) >= 11 is 0. The third kappa shape index (κ3) is 3.02. The van der Waals surface area contributed by atoms with E-state index in [-0.39, 0.29) is 0 Å². The number of benzene rings is 2. The van der Waals surface area contributed by atoms with E-state index in [0.29, 0.717) is 6.29 Å². The maximum absolute atomic E-state index is 5.51. The number of para-hydroxylation sites is 2. The van der Waals surface area contributed by atoms with E-state index < -0.39 is 0 Å². The number of hydrogen-bond donors (Lipinski definition) is 0. The molecule has 2 rings (SSSR count). The predicted molar refractivity (Wildman–Crippen MR) is 63.1 cm³/mol. The van der Waals surface area contributed by atoms with E-state index in [9.17, 15) is 0 Å². The minimum atomic E-state index is 0.511. The fourth-order valence-corrected chi connectivity index (χ4v) is 1.33. The summed E-state index contributed by atoms with van der Waals surface area (Å²) in [5.41, 5.74) is 0. The summed E-state index contributed by atoms with van der Waals surface area (Å²) in [6.07, 6.45) is 0.511. The second-order valence-corrected chi connectivity index (χ2v) is 3.32. The van der Waals surface area contributed by atoms with Crippen LogP contribution in [0.25, 0.3) is 0 Å². The summed E-state index contributed by atoms with van der Waals surface area (Å²) in [6.45, 7) is 1.79. The van der Waals surface area contributed by atoms with Crippen LogP contribution in [0.1, 0.15) is 6.92 Å². The van der Waals surface area contributed by atoms with Crippen LogP contribution >= 0.6 is 0 Å². The minimum Gasteiger partial charge on any atom is -0.446 e. The van der Waals surface area contributed by atoms with Crippen LogP contribution < -0.4 is 9.47 Å². The molecule has 0 aromatic heterocycles. The lowest BCUT2D eigenvalue weighted by atomic mass is 10.3. The molecule has 0 bridgehead atoms. The first kappa shape index (κ1) is 10.6. The third-order valence-corrected chi connectivity index (χ3v) is 2.01. The molecule has 0 saturated carbocycles. The van der Waals surface area contributed by atoms with Crippen molar-refractivity contribution in [3.63, 3.8) is 0 Å². The lowest BCUT2D eigenvalue weighted by molar-refractivity contribution is 0.134. The zero-order valence-electron chi connectivity index (χ0n) is 9.09. The van der Waals surface area contributed by atoms with Gasteiger partial charge < -0.3 is 9.47 Å². The standard InChI is InChI=1S/C14H13O2/c1-12(15-13-8-4-2-5-9-13)16-14-10-6-3-7-11-14/h2-11H,1H3. The molecule has 0 spiro atoms. The molecule has 0 heterocycles. The van der Waals surface area contributed by atoms with Crippen LogP contribution in [0.15, 0.2) is 60.7 Å². The molecule has 0 aliphatic heterocycles. The first-order chi connectivity index (χ1) is 7.84. The summed E-state index contributed by atoms with van der Waals surface area (Å²) < 4.78 is 11.0. The maximum Gasteiger partial charge on any atom is 0.326 e. The van der Waals surface area contributed by atoms with Gasteiger partial charge in [0.25, 0.3) is 0 Å². The lowest BCUT2D eigenvalue weighted by Gasteiger charge is -2.13. The molecule has 81 valence electrons. The second-order valence-electron chi connectivity index (χ2n) is 3.32. The van der Waals surface area contributed by atoms with Gasteiger partial charge in [-0.3, -0.25) is 0 Å². The highest BCUT2D eigenvalue weighted by atomic mass is 16.7. The molecular weight excluding hydrogens is 200 g/mol. The van der Waals surface area contributed by atoms with Crippen LogP contribution in [0.5, 0.6) is 11.5 Å². The van der Waals surface area contributed by atoms with Gasteiger partial charge in [0, 0.05) is 6.92 Å². The Bertz CT molecular complexity index is 370. The minimum absolute atomic E-state index is 0.511. The summed E-state index contributed by atoms with van der Waals surface area (Å²) in [4.78, 5) is 0. The number of rotatable bonds is 4. The Morgan fingerprint density at radius 1 is 0.688 bits per heavy atom. The zero-order chi connectivity index (χ0) is 11.2. The van der Waals surface area contributed by atoms with E-state index >= 15 is 0 Å². The Hall–Kier alpha value is -1.96. The molecule has 0 aliphatic carbocycles. The van der Waals surface area contributed by atoms with Crippen molar-refractivity contribution in [2.75, 3.05) is 0 Å². The van der Waals surface area contributed by atoms with E-state index in [4.69, 9.17) is 9.47 Å². The average Bonchev–Trinajstić information content (AvgIpc) is 2.31. The maximum atomic E-state index is 5.51. The molecule has 2 aromatic rings. The molecule has 0 N–H and O–H groups in total. The van der Waals surface area contributed by atoms with Gasteiger partial charge in [-0.2, -0.15) is 0 Å². The molecule has 2 heteroatoms. The van der Waals surface area contributed by atoms with Crippen molar-refractivity contribution in [1.29, 1.82) is 0 Å². The molecule has 16 heavy (non-hydrogen) atoms. The molecular formula is C14H13O2. The topological polar surface area (TPSA) is 18.5 Å². The van der Waals surface area contributed by atoms with Crippen molar-refractivity contribution in [2.45, 2.75) is 6.92 Å². The smallest absolute Gasteiger partial charge is 0.326 e. The molecule has 2 nitrogen and oxygen atoms in total. The summed E-state index contributed by atoms with van der Waals surface area (Å²) in [5.74, 6) is 1.55. The number of ether oxygens (including phenoxy) is 2. The van der Waals surface area contributed by atoms with Crippen LogP contribution in [0, 0.1) is 6.29 Å². The number of hydrogen-bond acceptors (Lipinski definition) is 2. The van der Waals surface area contributed by atoms with Crippen LogP contribution in [-0.2, 0) is 0 Å². The summed E-state index contributed by atoms with van der Waals surface area (Å²) in [5, 5.41) is 0. The van der Waals surface area contributed by atoms with Gasteiger partial charge in [-0.05, 0) is 24.3 Å². The van der Waals surface area contributed by atoms with Crippen LogP contribution in [0.3, 0.4) is 0 Å². The zero-order valence-corrected chi connectivity index (χ0v) is 9.09. The third-order valence-electron chi connectivity index (χ3n) is 2.01.